The van der Waals surface area contributed by atoms with Crippen molar-refractivity contribution in [2.75, 3.05) is 20.6 Å². The van der Waals surface area contributed by atoms with Crippen molar-refractivity contribution in [1.82, 2.24) is 10.2 Å². The minimum Gasteiger partial charge on any atom is -0.389 e. The summed E-state index contributed by atoms with van der Waals surface area (Å²) in [4.78, 5) is 13.2. The third-order valence-electron chi connectivity index (χ3n) is 3.58. The molecule has 1 rings (SSSR count). The Morgan fingerprint density at radius 3 is 2.29 bits per heavy atom. The van der Waals surface area contributed by atoms with Gasteiger partial charge in [-0.3, -0.25) is 4.79 Å². The summed E-state index contributed by atoms with van der Waals surface area (Å²) in [6, 6.07) is -0.225. The van der Waals surface area contributed by atoms with E-state index in [0.717, 1.165) is 25.7 Å². The van der Waals surface area contributed by atoms with Crippen LogP contribution in [0.15, 0.2) is 0 Å². The average molecular weight is 242 g/mol. The summed E-state index contributed by atoms with van der Waals surface area (Å²) in [5.74, 6) is 0.0576. The molecular weight excluding hydrogens is 216 g/mol. The molecule has 2 N–H and O–H groups in total. The zero-order chi connectivity index (χ0) is 12.9. The maximum atomic E-state index is 11.7. The molecule has 1 fully saturated rings. The van der Waals surface area contributed by atoms with Gasteiger partial charge in [0.25, 0.3) is 0 Å². The van der Waals surface area contributed by atoms with E-state index in [1.807, 2.05) is 6.92 Å². The quantitative estimate of drug-likeness (QED) is 0.727. The molecule has 0 saturated heterocycles. The maximum Gasteiger partial charge on any atom is 0.238 e. The van der Waals surface area contributed by atoms with Crippen LogP contribution in [0.25, 0.3) is 0 Å². The number of likely N-dealkylation sites (N-methyl/N-ethyl adjacent to an activating group) is 1. The van der Waals surface area contributed by atoms with Gasteiger partial charge in [0.05, 0.1) is 11.6 Å². The van der Waals surface area contributed by atoms with E-state index in [1.165, 1.54) is 12.8 Å². The first-order valence-corrected chi connectivity index (χ1v) is 6.61. The first kappa shape index (κ1) is 14.5. The summed E-state index contributed by atoms with van der Waals surface area (Å²) < 4.78 is 0. The second kappa shape index (κ2) is 6.36. The van der Waals surface area contributed by atoms with Crippen molar-refractivity contribution in [3.63, 3.8) is 0 Å². The zero-order valence-corrected chi connectivity index (χ0v) is 11.3. The largest absolute Gasteiger partial charge is 0.389 e. The van der Waals surface area contributed by atoms with Crippen molar-refractivity contribution >= 4 is 5.91 Å². The molecule has 1 unspecified atom stereocenters. The fourth-order valence-corrected chi connectivity index (χ4v) is 2.38. The number of rotatable bonds is 4. The number of amides is 1. The van der Waals surface area contributed by atoms with Crippen LogP contribution in [0.1, 0.15) is 45.4 Å². The predicted molar refractivity (Wildman–Crippen MR) is 68.8 cm³/mol. The molecule has 1 atom stereocenters. The molecule has 0 aliphatic heterocycles. The smallest absolute Gasteiger partial charge is 0.238 e. The lowest BCUT2D eigenvalue weighted by molar-refractivity contribution is -0.130. The molecule has 4 heteroatoms. The average Bonchev–Trinajstić information content (AvgIpc) is 2.50. The molecule has 0 bridgehead atoms. The highest BCUT2D eigenvalue weighted by Crippen LogP contribution is 2.26. The zero-order valence-electron chi connectivity index (χ0n) is 11.3. The van der Waals surface area contributed by atoms with Crippen molar-refractivity contribution in [3.05, 3.63) is 0 Å². The Balaban J connectivity index is 2.40. The Morgan fingerprint density at radius 1 is 1.29 bits per heavy atom. The van der Waals surface area contributed by atoms with Gasteiger partial charge in [-0.15, -0.1) is 0 Å². The number of nitrogens with zero attached hydrogens (tertiary/aromatic N) is 1. The summed E-state index contributed by atoms with van der Waals surface area (Å²) in [6.45, 7) is 2.37. The lowest BCUT2D eigenvalue weighted by Gasteiger charge is -2.29. The van der Waals surface area contributed by atoms with E-state index >= 15 is 0 Å². The van der Waals surface area contributed by atoms with Crippen molar-refractivity contribution < 1.29 is 9.90 Å². The van der Waals surface area contributed by atoms with Crippen molar-refractivity contribution in [3.8, 4) is 0 Å². The Kier molecular flexibility index (Phi) is 5.40. The van der Waals surface area contributed by atoms with Gasteiger partial charge < -0.3 is 15.3 Å². The molecule has 0 radical (unpaired) electrons. The first-order chi connectivity index (χ1) is 7.94. The van der Waals surface area contributed by atoms with Gasteiger partial charge >= 0.3 is 0 Å². The molecule has 1 amide bonds. The third-order valence-corrected chi connectivity index (χ3v) is 3.58. The molecule has 0 spiro atoms. The molecule has 4 nitrogen and oxygen atoms in total. The van der Waals surface area contributed by atoms with E-state index in [-0.39, 0.29) is 11.9 Å². The van der Waals surface area contributed by atoms with Crippen LogP contribution in [0.4, 0.5) is 0 Å². The van der Waals surface area contributed by atoms with Crippen LogP contribution < -0.4 is 5.32 Å². The van der Waals surface area contributed by atoms with E-state index in [0.29, 0.717) is 6.54 Å². The monoisotopic (exact) mass is 242 g/mol. The number of carbonyl (C=O) groups excluding carboxylic acids is 1. The van der Waals surface area contributed by atoms with Gasteiger partial charge in [0, 0.05) is 20.6 Å². The predicted octanol–water partition coefficient (Wildman–Crippen LogP) is 1.14. The van der Waals surface area contributed by atoms with Crippen LogP contribution in [-0.4, -0.2) is 48.2 Å². The molecule has 1 aliphatic rings. The molecular formula is C13H26N2O2. The summed E-state index contributed by atoms with van der Waals surface area (Å²) in [5.41, 5.74) is -0.614. The lowest BCUT2D eigenvalue weighted by atomic mass is 9.94. The highest BCUT2D eigenvalue weighted by molar-refractivity contribution is 5.80. The Bertz CT molecular complexity index is 246. The summed E-state index contributed by atoms with van der Waals surface area (Å²) in [7, 11) is 3.50. The third kappa shape index (κ3) is 4.64. The molecule has 1 aliphatic carbocycles. The van der Waals surface area contributed by atoms with E-state index in [1.54, 1.807) is 19.0 Å². The van der Waals surface area contributed by atoms with Crippen LogP contribution in [0.2, 0.25) is 0 Å². The Hall–Kier alpha value is -0.610. The number of aliphatic hydroxyl groups is 1. The minimum atomic E-state index is -0.614. The molecule has 17 heavy (non-hydrogen) atoms. The normalized spacial score (nSPS) is 21.6. The van der Waals surface area contributed by atoms with E-state index in [4.69, 9.17) is 0 Å². The van der Waals surface area contributed by atoms with Gasteiger partial charge in [-0.05, 0) is 19.8 Å². The van der Waals surface area contributed by atoms with Gasteiger partial charge in [0.2, 0.25) is 5.91 Å². The highest BCUT2D eigenvalue weighted by atomic mass is 16.3. The number of carbonyl (C=O) groups is 1. The van der Waals surface area contributed by atoms with Gasteiger partial charge in [-0.1, -0.05) is 25.7 Å². The topological polar surface area (TPSA) is 52.6 Å². The van der Waals surface area contributed by atoms with Gasteiger partial charge in [-0.2, -0.15) is 0 Å². The fraction of sp³-hybridized carbons (Fsp3) is 0.923. The van der Waals surface area contributed by atoms with Crippen molar-refractivity contribution in [1.29, 1.82) is 0 Å². The highest BCUT2D eigenvalue weighted by Gasteiger charge is 2.29. The first-order valence-electron chi connectivity index (χ1n) is 6.61. The Labute approximate surface area is 104 Å². The fourth-order valence-electron chi connectivity index (χ4n) is 2.38. The standard InChI is InChI=1S/C13H26N2O2/c1-11(12(16)15(2)3)14-10-13(17)8-6-4-5-7-9-13/h11,14,17H,4-10H2,1-3H3. The second-order valence-corrected chi connectivity index (χ2v) is 5.47. The van der Waals surface area contributed by atoms with E-state index in [9.17, 15) is 9.90 Å². The van der Waals surface area contributed by atoms with Gasteiger partial charge in [-0.25, -0.2) is 0 Å². The lowest BCUT2D eigenvalue weighted by Crippen LogP contribution is -2.48. The van der Waals surface area contributed by atoms with Crippen molar-refractivity contribution in [2.45, 2.75) is 57.1 Å². The van der Waals surface area contributed by atoms with Crippen LogP contribution in [0.3, 0.4) is 0 Å². The number of hydrogen-bond acceptors (Lipinski definition) is 3. The second-order valence-electron chi connectivity index (χ2n) is 5.47. The van der Waals surface area contributed by atoms with Crippen LogP contribution >= 0.6 is 0 Å². The number of nitrogens with one attached hydrogen (secondary N) is 1. The van der Waals surface area contributed by atoms with Gasteiger partial charge in [0.15, 0.2) is 0 Å². The number of hydrogen-bond donors (Lipinski definition) is 2. The van der Waals surface area contributed by atoms with E-state index < -0.39 is 5.60 Å². The summed E-state index contributed by atoms with van der Waals surface area (Å²) in [5, 5.41) is 13.6. The molecule has 0 aromatic heterocycles. The van der Waals surface area contributed by atoms with Crippen LogP contribution in [0, 0.1) is 0 Å². The molecule has 100 valence electrons. The Morgan fingerprint density at radius 2 is 1.82 bits per heavy atom. The summed E-state index contributed by atoms with van der Waals surface area (Å²) >= 11 is 0. The minimum absolute atomic E-state index is 0.0576. The molecule has 0 aromatic rings. The molecule has 0 heterocycles. The van der Waals surface area contributed by atoms with Crippen molar-refractivity contribution in [2.24, 2.45) is 0 Å². The maximum absolute atomic E-state index is 11.7. The molecule has 1 saturated carbocycles. The summed E-state index contributed by atoms with van der Waals surface area (Å²) in [6.07, 6.45) is 6.32. The van der Waals surface area contributed by atoms with E-state index in [2.05, 4.69) is 5.32 Å². The van der Waals surface area contributed by atoms with Gasteiger partial charge in [0.1, 0.15) is 0 Å². The van der Waals surface area contributed by atoms with Crippen LogP contribution in [0.5, 0.6) is 0 Å². The van der Waals surface area contributed by atoms with Crippen LogP contribution in [-0.2, 0) is 4.79 Å². The molecule has 0 aromatic carbocycles. The SMILES string of the molecule is CC(NCC1(O)CCCCCC1)C(=O)N(C)C.